The molecule has 1 aliphatic rings. The molecule has 2 aromatic carbocycles. The molecule has 2 aromatic rings. The van der Waals surface area contributed by atoms with Gasteiger partial charge in [0.2, 0.25) is 0 Å². The summed E-state index contributed by atoms with van der Waals surface area (Å²) in [6.07, 6.45) is 0. The highest BCUT2D eigenvalue weighted by atomic mass is 32.2. The molecule has 27 heavy (non-hydrogen) atoms. The Morgan fingerprint density at radius 1 is 1.15 bits per heavy atom. The summed E-state index contributed by atoms with van der Waals surface area (Å²) < 4.78 is 53.0. The summed E-state index contributed by atoms with van der Waals surface area (Å²) in [7, 11) is -4.32. The summed E-state index contributed by atoms with van der Waals surface area (Å²) in [4.78, 5) is 23.1. The topological polar surface area (TPSA) is 128 Å². The molecule has 12 heteroatoms. The minimum atomic E-state index is -4.32. The lowest BCUT2D eigenvalue weighted by molar-refractivity contribution is -0.117. The number of nitrogens with one attached hydrogen (secondary N) is 3. The molecule has 1 aliphatic heterocycles. The maximum Gasteiger partial charge on any atom is 0.326 e. The van der Waals surface area contributed by atoms with E-state index < -0.39 is 51.8 Å². The van der Waals surface area contributed by atoms with Crippen LogP contribution in [0.3, 0.4) is 0 Å². The van der Waals surface area contributed by atoms with E-state index in [9.17, 15) is 31.9 Å². The van der Waals surface area contributed by atoms with Crippen molar-refractivity contribution in [1.82, 2.24) is 4.72 Å². The number of rotatable bonds is 3. The van der Waals surface area contributed by atoms with Gasteiger partial charge in [0.1, 0.15) is 23.8 Å². The van der Waals surface area contributed by atoms with Crippen LogP contribution in [-0.4, -0.2) is 32.0 Å². The molecule has 142 valence electrons. The third kappa shape index (κ3) is 3.89. The monoisotopic (exact) mass is 398 g/mol. The molecule has 0 bridgehead atoms. The smallest absolute Gasteiger partial charge is 0.326 e. The van der Waals surface area contributed by atoms with Crippen LogP contribution in [0.5, 0.6) is 5.75 Å². The van der Waals surface area contributed by atoms with Gasteiger partial charge in [-0.3, -0.25) is 4.79 Å². The number of halogens is 2. The van der Waals surface area contributed by atoms with Gasteiger partial charge in [-0.1, -0.05) is 6.07 Å². The summed E-state index contributed by atoms with van der Waals surface area (Å²) in [5.74, 6) is -3.45. The minimum absolute atomic E-state index is 0.140. The van der Waals surface area contributed by atoms with Crippen LogP contribution in [0, 0.1) is 11.6 Å². The molecule has 0 aromatic heterocycles. The zero-order chi connectivity index (χ0) is 19.8. The number of phenols is 1. The normalized spacial score (nSPS) is 15.3. The van der Waals surface area contributed by atoms with Gasteiger partial charge >= 0.3 is 16.2 Å². The van der Waals surface area contributed by atoms with Gasteiger partial charge in [0.05, 0.1) is 0 Å². The molecule has 9 nitrogen and oxygen atoms in total. The molecule has 0 aliphatic carbocycles. The fraction of sp³-hybridized carbons (Fsp3) is 0.0667. The van der Waals surface area contributed by atoms with Gasteiger partial charge in [-0.25, -0.2) is 22.6 Å². The van der Waals surface area contributed by atoms with Crippen LogP contribution in [0.4, 0.5) is 30.6 Å². The molecule has 3 amide bonds. The van der Waals surface area contributed by atoms with E-state index in [0.717, 1.165) is 18.2 Å². The molecular weight excluding hydrogens is 386 g/mol. The number of carbonyl (C=O) groups excluding carboxylic acids is 2. The number of hydrogen-bond acceptors (Lipinski definition) is 5. The highest BCUT2D eigenvalue weighted by Crippen LogP contribution is 2.36. The number of aromatic hydroxyl groups is 1. The van der Waals surface area contributed by atoms with E-state index in [1.807, 2.05) is 0 Å². The second-order valence-corrected chi connectivity index (χ2v) is 7.05. The van der Waals surface area contributed by atoms with Gasteiger partial charge in [-0.05, 0) is 24.3 Å². The van der Waals surface area contributed by atoms with Crippen LogP contribution in [0.1, 0.15) is 0 Å². The summed E-state index contributed by atoms with van der Waals surface area (Å²) in [5, 5.41) is 14.5. The summed E-state index contributed by atoms with van der Waals surface area (Å²) in [6.45, 7) is -0.695. The lowest BCUT2D eigenvalue weighted by atomic mass is 10.2. The molecule has 0 radical (unpaired) electrons. The predicted octanol–water partition coefficient (Wildman–Crippen LogP) is 1.50. The van der Waals surface area contributed by atoms with E-state index in [0.29, 0.717) is 4.31 Å². The van der Waals surface area contributed by atoms with Gasteiger partial charge in [0.15, 0.2) is 5.82 Å². The molecule has 4 N–H and O–H groups in total. The number of amides is 3. The Kier molecular flexibility index (Phi) is 4.57. The zero-order valence-electron chi connectivity index (χ0n) is 13.4. The van der Waals surface area contributed by atoms with Crippen molar-refractivity contribution >= 4 is 39.2 Å². The largest absolute Gasteiger partial charge is 0.506 e. The third-order valence-electron chi connectivity index (χ3n) is 3.45. The maximum atomic E-state index is 14.3. The van der Waals surface area contributed by atoms with E-state index >= 15 is 0 Å². The Balaban J connectivity index is 1.81. The SMILES string of the molecule is O=C1CN(c2c(O)cc(NC(=O)Nc3cccc(F)c3)cc2F)S(=O)(=O)N1. The average Bonchev–Trinajstić information content (AvgIpc) is 2.79. The molecule has 1 saturated heterocycles. The first-order valence-corrected chi connectivity index (χ1v) is 8.79. The van der Waals surface area contributed by atoms with Crippen LogP contribution in [0.2, 0.25) is 0 Å². The molecule has 1 fully saturated rings. The van der Waals surface area contributed by atoms with Gasteiger partial charge in [-0.2, -0.15) is 8.42 Å². The van der Waals surface area contributed by atoms with Crippen molar-refractivity contribution in [3.63, 3.8) is 0 Å². The highest BCUT2D eigenvalue weighted by molar-refractivity contribution is 7.92. The molecule has 3 rings (SSSR count). The van der Waals surface area contributed by atoms with Crippen molar-refractivity contribution in [2.75, 3.05) is 21.5 Å². The van der Waals surface area contributed by atoms with Crippen LogP contribution in [-0.2, 0) is 15.0 Å². The van der Waals surface area contributed by atoms with Crippen molar-refractivity contribution in [3.8, 4) is 5.75 Å². The van der Waals surface area contributed by atoms with E-state index in [1.54, 1.807) is 4.72 Å². The van der Waals surface area contributed by atoms with Gasteiger partial charge < -0.3 is 15.7 Å². The Hall–Kier alpha value is -3.41. The lowest BCUT2D eigenvalue weighted by Crippen LogP contribution is -2.30. The first-order chi connectivity index (χ1) is 12.7. The second kappa shape index (κ2) is 6.72. The predicted molar refractivity (Wildman–Crippen MR) is 91.5 cm³/mol. The van der Waals surface area contributed by atoms with E-state index in [1.165, 1.54) is 18.2 Å². The molecule has 0 spiro atoms. The van der Waals surface area contributed by atoms with E-state index in [2.05, 4.69) is 10.6 Å². The van der Waals surface area contributed by atoms with Crippen molar-refractivity contribution in [2.24, 2.45) is 0 Å². The van der Waals surface area contributed by atoms with Crippen LogP contribution < -0.4 is 19.7 Å². The van der Waals surface area contributed by atoms with Gasteiger partial charge in [0, 0.05) is 17.4 Å². The quantitative estimate of drug-likeness (QED) is 0.623. The summed E-state index contributed by atoms with van der Waals surface area (Å²) in [6, 6.07) is 5.85. The summed E-state index contributed by atoms with van der Waals surface area (Å²) >= 11 is 0. The van der Waals surface area contributed by atoms with Crippen molar-refractivity contribution in [2.45, 2.75) is 0 Å². The molecule has 0 unspecified atom stereocenters. The standard InChI is InChI=1S/C15H12F2N4O5S/c16-8-2-1-3-9(4-8)18-15(24)19-10-5-11(17)14(12(22)6-10)21-7-13(23)20-27(21,25)26/h1-6,22H,7H2,(H,20,23)(H2,18,19,24). The third-order valence-corrected chi connectivity index (χ3v) is 4.83. The summed E-state index contributed by atoms with van der Waals surface area (Å²) in [5.41, 5.74) is -0.787. The number of carbonyl (C=O) groups is 2. The van der Waals surface area contributed by atoms with Crippen LogP contribution >= 0.6 is 0 Å². The number of benzene rings is 2. The Morgan fingerprint density at radius 2 is 1.85 bits per heavy atom. The number of urea groups is 1. The minimum Gasteiger partial charge on any atom is -0.506 e. The second-order valence-electron chi connectivity index (χ2n) is 5.45. The Morgan fingerprint density at radius 3 is 2.44 bits per heavy atom. The average molecular weight is 398 g/mol. The van der Waals surface area contributed by atoms with Crippen molar-refractivity contribution in [3.05, 3.63) is 48.0 Å². The van der Waals surface area contributed by atoms with E-state index in [4.69, 9.17) is 0 Å². The first kappa shape index (κ1) is 18.4. The van der Waals surface area contributed by atoms with Crippen molar-refractivity contribution in [1.29, 1.82) is 0 Å². The fourth-order valence-electron chi connectivity index (χ4n) is 2.41. The number of phenolic OH excluding ortho intramolecular Hbond substituents is 1. The Labute approximate surface area is 151 Å². The number of nitrogens with zero attached hydrogens (tertiary/aromatic N) is 1. The van der Waals surface area contributed by atoms with E-state index in [-0.39, 0.29) is 11.4 Å². The number of anilines is 3. The van der Waals surface area contributed by atoms with Gasteiger partial charge in [0.25, 0.3) is 5.91 Å². The molecule has 1 heterocycles. The van der Waals surface area contributed by atoms with Crippen LogP contribution in [0.15, 0.2) is 36.4 Å². The van der Waals surface area contributed by atoms with Gasteiger partial charge in [-0.15, -0.1) is 0 Å². The molecule has 0 saturated carbocycles. The highest BCUT2D eigenvalue weighted by Gasteiger charge is 2.37. The zero-order valence-corrected chi connectivity index (χ0v) is 14.2. The molecule has 0 atom stereocenters. The fourth-order valence-corrected chi connectivity index (χ4v) is 3.58. The first-order valence-electron chi connectivity index (χ1n) is 7.35. The van der Waals surface area contributed by atoms with Crippen LogP contribution in [0.25, 0.3) is 0 Å². The Bertz CT molecular complexity index is 1020. The lowest BCUT2D eigenvalue weighted by Gasteiger charge is -2.18. The van der Waals surface area contributed by atoms with Crippen molar-refractivity contribution < 1.29 is 31.9 Å². The number of hydrogen-bond donors (Lipinski definition) is 4. The molecular formula is C15H12F2N4O5S. The maximum absolute atomic E-state index is 14.3.